The van der Waals surface area contributed by atoms with Gasteiger partial charge >= 0.3 is 0 Å². The van der Waals surface area contributed by atoms with Crippen LogP contribution in [0.1, 0.15) is 76.5 Å². The van der Waals surface area contributed by atoms with Crippen molar-refractivity contribution in [3.05, 3.63) is 70.0 Å². The van der Waals surface area contributed by atoms with Crippen LogP contribution in [0.5, 0.6) is 0 Å². The van der Waals surface area contributed by atoms with Gasteiger partial charge in [0, 0.05) is 74.4 Å². The van der Waals surface area contributed by atoms with Crippen molar-refractivity contribution >= 4 is 11.6 Å². The molecule has 3 N–H and O–H groups in total. The van der Waals surface area contributed by atoms with Gasteiger partial charge in [-0.3, -0.25) is 4.79 Å². The molecule has 1 amide bonds. The number of rotatable bonds is 4. The highest BCUT2D eigenvalue weighted by Crippen LogP contribution is 2.43. The number of aromatic nitrogens is 2. The molecule has 1 aromatic heterocycles. The fourth-order valence-electron chi connectivity index (χ4n) is 6.23. The van der Waals surface area contributed by atoms with Gasteiger partial charge in [0.15, 0.2) is 0 Å². The molecule has 3 aliphatic rings. The Morgan fingerprint density at radius 1 is 1.08 bits per heavy atom. The molecular formula is C31H38FN5O. The number of fused-ring (bicyclic) bond motifs is 1. The molecule has 200 valence electrons. The van der Waals surface area contributed by atoms with Crippen LogP contribution in [0.3, 0.4) is 0 Å². The zero-order valence-corrected chi connectivity index (χ0v) is 22.5. The minimum Gasteiger partial charge on any atom is -0.399 e. The van der Waals surface area contributed by atoms with Crippen molar-refractivity contribution in [1.82, 2.24) is 19.8 Å². The summed E-state index contributed by atoms with van der Waals surface area (Å²) in [5, 5.41) is 0. The third kappa shape index (κ3) is 4.62. The van der Waals surface area contributed by atoms with E-state index in [1.54, 1.807) is 24.3 Å². The van der Waals surface area contributed by atoms with E-state index in [0.717, 1.165) is 48.6 Å². The van der Waals surface area contributed by atoms with Gasteiger partial charge in [0.1, 0.15) is 11.5 Å². The highest BCUT2D eigenvalue weighted by molar-refractivity contribution is 5.97. The van der Waals surface area contributed by atoms with Crippen LogP contribution in [0.2, 0.25) is 0 Å². The number of alkyl halides is 1. The Bertz CT molecular complexity index is 1310. The number of nitrogens with two attached hydrogens (primary N) is 1. The second kappa shape index (κ2) is 9.84. The van der Waals surface area contributed by atoms with E-state index in [9.17, 15) is 4.79 Å². The SMILES string of the molecule is Cc1cc(C2CCC2)c(-c2nc3c([nH]2)CCN(C)CC3)cc1C(=O)N1CCC(F)(c2ccc(N)cc2)CC1. The summed E-state index contributed by atoms with van der Waals surface area (Å²) >= 11 is 0. The zero-order valence-electron chi connectivity index (χ0n) is 22.5. The van der Waals surface area contributed by atoms with Crippen LogP contribution in [0, 0.1) is 6.92 Å². The largest absolute Gasteiger partial charge is 0.399 e. The Labute approximate surface area is 224 Å². The van der Waals surface area contributed by atoms with Crippen LogP contribution in [0.15, 0.2) is 36.4 Å². The van der Waals surface area contributed by atoms with Gasteiger partial charge in [-0.25, -0.2) is 9.37 Å². The van der Waals surface area contributed by atoms with Gasteiger partial charge in [-0.1, -0.05) is 24.6 Å². The van der Waals surface area contributed by atoms with Crippen LogP contribution in [0.25, 0.3) is 11.4 Å². The highest BCUT2D eigenvalue weighted by Gasteiger charge is 2.38. The van der Waals surface area contributed by atoms with Crippen molar-refractivity contribution in [2.24, 2.45) is 0 Å². The molecule has 1 saturated heterocycles. The molecule has 0 atom stereocenters. The third-order valence-corrected chi connectivity index (χ3v) is 9.04. The van der Waals surface area contributed by atoms with E-state index in [2.05, 4.69) is 29.1 Å². The summed E-state index contributed by atoms with van der Waals surface area (Å²) in [4.78, 5) is 26.6. The number of H-pyrrole nitrogens is 1. The van der Waals surface area contributed by atoms with Gasteiger partial charge in [0.25, 0.3) is 5.91 Å². The van der Waals surface area contributed by atoms with E-state index in [1.165, 1.54) is 30.5 Å². The second-order valence-corrected chi connectivity index (χ2v) is 11.6. The van der Waals surface area contributed by atoms with E-state index in [1.807, 2.05) is 11.8 Å². The molecule has 6 rings (SSSR count). The lowest BCUT2D eigenvalue weighted by atomic mass is 9.77. The van der Waals surface area contributed by atoms with Crippen molar-refractivity contribution in [3.63, 3.8) is 0 Å². The fraction of sp³-hybridized carbons (Fsp3) is 0.484. The number of nitrogens with one attached hydrogen (secondary N) is 1. The summed E-state index contributed by atoms with van der Waals surface area (Å²) in [5.74, 6) is 1.39. The Morgan fingerprint density at radius 3 is 2.47 bits per heavy atom. The molecule has 2 aliphatic heterocycles. The van der Waals surface area contributed by atoms with Crippen molar-refractivity contribution in [1.29, 1.82) is 0 Å². The van der Waals surface area contributed by atoms with Crippen molar-refractivity contribution in [2.75, 3.05) is 39.0 Å². The van der Waals surface area contributed by atoms with Crippen molar-refractivity contribution in [3.8, 4) is 11.4 Å². The summed E-state index contributed by atoms with van der Waals surface area (Å²) in [5.41, 5.74) is 12.1. The summed E-state index contributed by atoms with van der Waals surface area (Å²) in [7, 11) is 2.16. The molecule has 0 spiro atoms. The Balaban J connectivity index is 1.28. The van der Waals surface area contributed by atoms with E-state index >= 15 is 4.39 Å². The predicted octanol–water partition coefficient (Wildman–Crippen LogP) is 5.37. The van der Waals surface area contributed by atoms with Crippen LogP contribution in [-0.2, 0) is 18.5 Å². The van der Waals surface area contributed by atoms with Gasteiger partial charge in [-0.2, -0.15) is 0 Å². The number of amides is 1. The fourth-order valence-corrected chi connectivity index (χ4v) is 6.23. The average molecular weight is 516 g/mol. The van der Waals surface area contributed by atoms with E-state index in [0.29, 0.717) is 35.8 Å². The van der Waals surface area contributed by atoms with Crippen LogP contribution < -0.4 is 5.73 Å². The molecule has 0 unspecified atom stereocenters. The first-order chi connectivity index (χ1) is 18.3. The van der Waals surface area contributed by atoms with Crippen LogP contribution in [0.4, 0.5) is 10.1 Å². The zero-order chi connectivity index (χ0) is 26.4. The van der Waals surface area contributed by atoms with E-state index in [-0.39, 0.29) is 18.7 Å². The maximum Gasteiger partial charge on any atom is 0.254 e. The number of halogens is 1. The topological polar surface area (TPSA) is 78.2 Å². The number of benzene rings is 2. The number of carbonyl (C=O) groups is 1. The lowest BCUT2D eigenvalue weighted by molar-refractivity contribution is 0.0421. The molecule has 3 heterocycles. The molecule has 0 radical (unpaired) electrons. The van der Waals surface area contributed by atoms with Gasteiger partial charge in [0.2, 0.25) is 0 Å². The number of aryl methyl sites for hydroxylation is 1. The molecule has 1 saturated carbocycles. The normalized spacial score (nSPS) is 20.0. The lowest BCUT2D eigenvalue weighted by Crippen LogP contribution is -2.43. The Morgan fingerprint density at radius 2 is 1.79 bits per heavy atom. The number of hydrogen-bond donors (Lipinski definition) is 2. The number of anilines is 1. The number of hydrogen-bond acceptors (Lipinski definition) is 4. The smallest absolute Gasteiger partial charge is 0.254 e. The molecule has 1 aliphatic carbocycles. The van der Waals surface area contributed by atoms with Gasteiger partial charge in [-0.05, 0) is 67.6 Å². The van der Waals surface area contributed by atoms with Gasteiger partial charge in [-0.15, -0.1) is 0 Å². The number of piperidine rings is 1. The first-order valence-corrected chi connectivity index (χ1v) is 14.1. The Hall–Kier alpha value is -3.19. The summed E-state index contributed by atoms with van der Waals surface area (Å²) < 4.78 is 15.8. The summed E-state index contributed by atoms with van der Waals surface area (Å²) in [6.45, 7) is 4.84. The summed E-state index contributed by atoms with van der Waals surface area (Å²) in [6, 6.07) is 11.3. The minimum atomic E-state index is -1.43. The first kappa shape index (κ1) is 25.1. The predicted molar refractivity (Wildman–Crippen MR) is 149 cm³/mol. The quantitative estimate of drug-likeness (QED) is 0.458. The van der Waals surface area contributed by atoms with E-state index < -0.39 is 5.67 Å². The second-order valence-electron chi connectivity index (χ2n) is 11.6. The number of nitrogen functional groups attached to an aromatic ring is 1. The Kier molecular flexibility index (Phi) is 6.50. The van der Waals surface area contributed by atoms with Crippen LogP contribution >= 0.6 is 0 Å². The molecule has 38 heavy (non-hydrogen) atoms. The lowest BCUT2D eigenvalue weighted by Gasteiger charge is -2.37. The van der Waals surface area contributed by atoms with Crippen LogP contribution in [-0.4, -0.2) is 58.9 Å². The number of carbonyl (C=O) groups excluding carboxylic acids is 1. The number of aromatic amines is 1. The number of nitrogens with zero attached hydrogens (tertiary/aromatic N) is 3. The minimum absolute atomic E-state index is 0.0157. The number of likely N-dealkylation sites (tertiary alicyclic amines) is 1. The molecule has 6 nitrogen and oxygen atoms in total. The molecular weight excluding hydrogens is 477 g/mol. The standard InChI is InChI=1S/C31H38FN5O/c1-20-18-25(21-4-3-5-21)26(29-34-27-10-14-36(2)15-11-28(27)35-29)19-24(20)30(38)37-16-12-31(32,13-17-37)22-6-8-23(33)9-7-22/h6-9,18-19,21H,3-5,10-17,33H2,1-2H3,(H,34,35). The van der Waals surface area contributed by atoms with Gasteiger partial charge in [0.05, 0.1) is 5.69 Å². The highest BCUT2D eigenvalue weighted by atomic mass is 19.1. The third-order valence-electron chi connectivity index (χ3n) is 9.04. The number of imidazole rings is 1. The maximum absolute atomic E-state index is 15.8. The molecule has 0 bridgehead atoms. The average Bonchev–Trinajstić information content (AvgIpc) is 3.20. The van der Waals surface area contributed by atoms with Crippen molar-refractivity contribution in [2.45, 2.75) is 63.5 Å². The van der Waals surface area contributed by atoms with Gasteiger partial charge < -0.3 is 20.5 Å². The molecule has 2 fully saturated rings. The number of likely N-dealkylation sites (N-methyl/N-ethyl adjacent to an activating group) is 1. The molecule has 7 heteroatoms. The van der Waals surface area contributed by atoms with E-state index in [4.69, 9.17) is 10.7 Å². The van der Waals surface area contributed by atoms with Crippen molar-refractivity contribution < 1.29 is 9.18 Å². The summed E-state index contributed by atoms with van der Waals surface area (Å²) in [6.07, 6.45) is 6.08. The molecule has 3 aromatic rings. The molecule has 2 aromatic carbocycles. The maximum atomic E-state index is 15.8. The first-order valence-electron chi connectivity index (χ1n) is 14.1. The monoisotopic (exact) mass is 515 g/mol.